The van der Waals surface area contributed by atoms with E-state index in [-0.39, 0.29) is 35.5 Å². The second-order valence-electron chi connectivity index (χ2n) is 2.61. The Morgan fingerprint density at radius 1 is 1.27 bits per heavy atom. The van der Waals surface area contributed by atoms with Crippen LogP contribution in [0.5, 0.6) is 0 Å². The first-order valence-corrected chi connectivity index (χ1v) is 3.95. The summed E-state index contributed by atoms with van der Waals surface area (Å²) in [6.07, 6.45) is 3.58. The summed E-state index contributed by atoms with van der Waals surface area (Å²) in [5, 5.41) is 8.64. The third-order valence-corrected chi connectivity index (χ3v) is 1.62. The summed E-state index contributed by atoms with van der Waals surface area (Å²) in [6.45, 7) is 4.04. The van der Waals surface area contributed by atoms with E-state index in [9.17, 15) is 4.79 Å². The van der Waals surface area contributed by atoms with Crippen LogP contribution in [0.3, 0.4) is 0 Å². The van der Waals surface area contributed by atoms with Gasteiger partial charge in [-0.05, 0) is 12.8 Å². The van der Waals surface area contributed by atoms with Crippen molar-refractivity contribution in [1.82, 2.24) is 0 Å². The Hall–Kier alpha value is 0.470. The minimum atomic E-state index is -0.635. The van der Waals surface area contributed by atoms with Gasteiger partial charge in [0.15, 0.2) is 0 Å². The van der Waals surface area contributed by atoms with Crippen molar-refractivity contribution in [2.75, 3.05) is 0 Å². The predicted molar refractivity (Wildman–Crippen MR) is 46.7 cm³/mol. The van der Waals surface area contributed by atoms with Crippen molar-refractivity contribution in [2.45, 2.75) is 39.5 Å². The largest absolute Gasteiger partial charge is 0.481 e. The molecule has 0 aromatic carbocycles. The minimum absolute atomic E-state index is 0. The molecule has 3 heteroatoms. The molecule has 0 fully saturated rings. The van der Waals surface area contributed by atoms with Crippen LogP contribution in [0.2, 0.25) is 0 Å². The Balaban J connectivity index is 0. The molecule has 0 aromatic rings. The van der Waals surface area contributed by atoms with E-state index in [0.717, 1.165) is 25.7 Å². The number of carboxylic acids is 1. The van der Waals surface area contributed by atoms with E-state index in [2.05, 4.69) is 0 Å². The third-order valence-electron chi connectivity index (χ3n) is 1.62. The standard InChI is InChI=1S/C8H16O2.Na/c1-3-5-7(6-4-2)8(9)10;/h7H,3-6H2,1-2H3,(H,9,10);/i1+1,2+1,3+1,4+1;. The maximum Gasteiger partial charge on any atom is 0.306 e. The molecule has 0 spiro atoms. The number of hydrogen-bond donors (Lipinski definition) is 1. The van der Waals surface area contributed by atoms with Gasteiger partial charge in [0.1, 0.15) is 0 Å². The Labute approximate surface area is 90.7 Å². The van der Waals surface area contributed by atoms with E-state index >= 15 is 0 Å². The van der Waals surface area contributed by atoms with Crippen LogP contribution >= 0.6 is 0 Å². The normalized spacial score (nSPS) is 9.36. The second-order valence-corrected chi connectivity index (χ2v) is 2.61. The van der Waals surface area contributed by atoms with Crippen molar-refractivity contribution in [3.8, 4) is 0 Å². The molecular formula is C8H16NaO2. The number of aliphatic carboxylic acids is 1. The van der Waals surface area contributed by atoms with Gasteiger partial charge in [0, 0.05) is 29.6 Å². The van der Waals surface area contributed by atoms with Gasteiger partial charge in [-0.3, -0.25) is 4.79 Å². The van der Waals surface area contributed by atoms with Gasteiger partial charge in [0.25, 0.3) is 0 Å². The Morgan fingerprint density at radius 2 is 1.64 bits per heavy atom. The molecule has 1 radical (unpaired) electrons. The van der Waals surface area contributed by atoms with Crippen molar-refractivity contribution in [3.63, 3.8) is 0 Å². The van der Waals surface area contributed by atoms with Gasteiger partial charge in [-0.1, -0.05) is 26.7 Å². The van der Waals surface area contributed by atoms with Crippen molar-refractivity contribution in [1.29, 1.82) is 0 Å². The fraction of sp³-hybridized carbons (Fsp3) is 0.875. The fourth-order valence-corrected chi connectivity index (χ4v) is 1.09. The van der Waals surface area contributed by atoms with Crippen LogP contribution in [0.4, 0.5) is 0 Å². The summed E-state index contributed by atoms with van der Waals surface area (Å²) in [7, 11) is 0. The molecule has 0 saturated heterocycles. The van der Waals surface area contributed by atoms with Gasteiger partial charge in [-0.25, -0.2) is 0 Å². The maximum absolute atomic E-state index is 10.5. The van der Waals surface area contributed by atoms with E-state index in [1.54, 1.807) is 0 Å². The van der Waals surface area contributed by atoms with Gasteiger partial charge >= 0.3 is 5.97 Å². The third kappa shape index (κ3) is 6.85. The molecular weight excluding hydrogens is 155 g/mol. The molecule has 1 N–H and O–H groups in total. The van der Waals surface area contributed by atoms with E-state index in [1.165, 1.54) is 0 Å². The average molecular weight is 171 g/mol. The van der Waals surface area contributed by atoms with Gasteiger partial charge in [-0.2, -0.15) is 0 Å². The van der Waals surface area contributed by atoms with Crippen LogP contribution < -0.4 is 0 Å². The number of carbonyl (C=O) groups is 1. The molecule has 0 aliphatic carbocycles. The Bertz CT molecular complexity index is 98.3. The van der Waals surface area contributed by atoms with Crippen molar-refractivity contribution < 1.29 is 9.90 Å². The first-order valence-electron chi connectivity index (χ1n) is 3.95. The molecule has 2 nitrogen and oxygen atoms in total. The minimum Gasteiger partial charge on any atom is -0.481 e. The van der Waals surface area contributed by atoms with Gasteiger partial charge in [0.2, 0.25) is 0 Å². The van der Waals surface area contributed by atoms with E-state index in [0.29, 0.717) is 0 Å². The molecule has 11 heavy (non-hydrogen) atoms. The smallest absolute Gasteiger partial charge is 0.306 e. The molecule has 0 aliphatic heterocycles. The molecule has 0 bridgehead atoms. The van der Waals surface area contributed by atoms with Crippen molar-refractivity contribution in [2.24, 2.45) is 5.92 Å². The van der Waals surface area contributed by atoms with E-state index < -0.39 is 5.97 Å². The zero-order valence-corrected chi connectivity index (χ0v) is 9.76. The summed E-state index contributed by atoms with van der Waals surface area (Å²) < 4.78 is 0. The van der Waals surface area contributed by atoms with Gasteiger partial charge < -0.3 is 5.11 Å². The first-order chi connectivity index (χ1) is 4.72. The van der Waals surface area contributed by atoms with Crippen molar-refractivity contribution in [3.05, 3.63) is 0 Å². The summed E-state index contributed by atoms with van der Waals surface area (Å²) >= 11 is 0. The average Bonchev–Trinajstić information content (AvgIpc) is 1.87. The molecule has 0 unspecified atom stereocenters. The van der Waals surface area contributed by atoms with Gasteiger partial charge in [-0.15, -0.1) is 0 Å². The summed E-state index contributed by atoms with van der Waals surface area (Å²) in [4.78, 5) is 10.5. The molecule has 0 heterocycles. The predicted octanol–water partition coefficient (Wildman–Crippen LogP) is 1.91. The quantitative estimate of drug-likeness (QED) is 0.506. The van der Waals surface area contributed by atoms with Crippen LogP contribution in [-0.4, -0.2) is 40.6 Å². The summed E-state index contributed by atoms with van der Waals surface area (Å²) in [5.74, 6) is -0.737. The monoisotopic (exact) mass is 171 g/mol. The summed E-state index contributed by atoms with van der Waals surface area (Å²) in [6, 6.07) is 0. The number of rotatable bonds is 5. The fourth-order valence-electron chi connectivity index (χ4n) is 1.09. The van der Waals surface area contributed by atoms with Crippen molar-refractivity contribution >= 4 is 35.5 Å². The van der Waals surface area contributed by atoms with Crippen LogP contribution in [-0.2, 0) is 4.79 Å². The van der Waals surface area contributed by atoms with Crippen LogP contribution in [0, 0.1) is 5.92 Å². The summed E-state index contributed by atoms with van der Waals surface area (Å²) in [5.41, 5.74) is 0. The Kier molecular flexibility index (Phi) is 10.9. The van der Waals surface area contributed by atoms with E-state index in [1.807, 2.05) is 13.8 Å². The number of hydrogen-bond acceptors (Lipinski definition) is 1. The molecule has 0 amide bonds. The van der Waals surface area contributed by atoms with Crippen LogP contribution in [0.25, 0.3) is 0 Å². The second kappa shape index (κ2) is 8.57. The molecule has 0 saturated carbocycles. The number of carboxylic acid groups (broad SMARTS) is 1. The molecule has 0 aromatic heterocycles. The SMILES string of the molecule is [13CH3][13CH2]CC(C[13CH2][13CH3])C(=O)O.[Na]. The van der Waals surface area contributed by atoms with Gasteiger partial charge in [0.05, 0.1) is 5.92 Å². The van der Waals surface area contributed by atoms with Crippen LogP contribution in [0.1, 0.15) is 39.5 Å². The van der Waals surface area contributed by atoms with E-state index in [4.69, 9.17) is 5.11 Å². The molecule has 0 rings (SSSR count). The topological polar surface area (TPSA) is 37.3 Å². The molecule has 61 valence electrons. The Morgan fingerprint density at radius 3 is 1.82 bits per heavy atom. The molecule has 0 atom stereocenters. The van der Waals surface area contributed by atoms with Crippen LogP contribution in [0.15, 0.2) is 0 Å². The first kappa shape index (κ1) is 14.0. The zero-order chi connectivity index (χ0) is 7.98. The zero-order valence-electron chi connectivity index (χ0n) is 7.76. The maximum atomic E-state index is 10.5. The molecule has 0 aliphatic rings.